The number of hydrogen-bond acceptors (Lipinski definition) is 4. The molecule has 0 aliphatic carbocycles. The lowest BCUT2D eigenvalue weighted by Crippen LogP contribution is -2.17. The lowest BCUT2D eigenvalue weighted by Gasteiger charge is -2.10. The van der Waals surface area contributed by atoms with Gasteiger partial charge >= 0.3 is 0 Å². The first kappa shape index (κ1) is 19.8. The Labute approximate surface area is 164 Å². The van der Waals surface area contributed by atoms with Crippen LogP contribution in [-0.4, -0.2) is 24.1 Å². The second kappa shape index (κ2) is 7.57. The predicted octanol–water partition coefficient (Wildman–Crippen LogP) is 2.76. The average Bonchev–Trinajstić information content (AvgIpc) is 2.90. The molecular weight excluding hydrogens is 376 g/mol. The van der Waals surface area contributed by atoms with E-state index >= 15 is 0 Å². The number of nitrogens with two attached hydrogens (primary N) is 1. The molecule has 3 aromatic rings. The third-order valence-electron chi connectivity index (χ3n) is 4.54. The lowest BCUT2D eigenvalue weighted by molar-refractivity contribution is 0.102. The number of benzene rings is 2. The zero-order chi connectivity index (χ0) is 20.5. The molecule has 3 rings (SSSR count). The van der Waals surface area contributed by atoms with Crippen LogP contribution in [0.1, 0.15) is 32.9 Å². The van der Waals surface area contributed by atoms with Gasteiger partial charge in [0.2, 0.25) is 10.0 Å². The molecule has 28 heavy (non-hydrogen) atoms. The molecular formula is C20H22N4O3S. The molecule has 3 N–H and O–H groups in total. The second-order valence-corrected chi connectivity index (χ2v) is 8.20. The summed E-state index contributed by atoms with van der Waals surface area (Å²) in [6.07, 6.45) is 0. The van der Waals surface area contributed by atoms with Crippen molar-refractivity contribution < 1.29 is 13.2 Å². The third-order valence-corrected chi connectivity index (χ3v) is 5.59. The largest absolute Gasteiger partial charge is 0.322 e. The van der Waals surface area contributed by atoms with Crippen molar-refractivity contribution in [2.75, 3.05) is 5.32 Å². The molecule has 0 spiro atoms. The minimum absolute atomic E-state index is 0.0153. The summed E-state index contributed by atoms with van der Waals surface area (Å²) in [7, 11) is -3.87. The Kier molecular flexibility index (Phi) is 5.35. The number of nitrogens with one attached hydrogen (secondary N) is 1. The molecule has 8 heteroatoms. The number of aryl methyl sites for hydroxylation is 2. The van der Waals surface area contributed by atoms with E-state index in [1.807, 2.05) is 37.3 Å². The van der Waals surface area contributed by atoms with Gasteiger partial charge in [-0.1, -0.05) is 36.4 Å². The number of carbonyl (C=O) groups excluding carboxylic acids is 1. The maximum Gasteiger partial charge on any atom is 0.259 e. The number of rotatable bonds is 5. The number of nitrogens with zero attached hydrogens (tertiary/aromatic N) is 2. The number of sulfonamides is 1. The fraction of sp³-hybridized carbons (Fsp3) is 0.200. The smallest absolute Gasteiger partial charge is 0.259 e. The van der Waals surface area contributed by atoms with Crippen molar-refractivity contribution in [1.82, 2.24) is 9.78 Å². The van der Waals surface area contributed by atoms with E-state index in [9.17, 15) is 13.2 Å². The highest BCUT2D eigenvalue weighted by Gasteiger charge is 2.20. The summed E-state index contributed by atoms with van der Waals surface area (Å²) < 4.78 is 25.2. The maximum atomic E-state index is 12.8. The molecule has 2 aromatic carbocycles. The van der Waals surface area contributed by atoms with Crippen LogP contribution >= 0.6 is 0 Å². The molecule has 0 saturated carbocycles. The van der Waals surface area contributed by atoms with Crippen LogP contribution in [-0.2, 0) is 16.6 Å². The average molecular weight is 398 g/mol. The van der Waals surface area contributed by atoms with E-state index in [1.165, 1.54) is 6.07 Å². The molecule has 7 nitrogen and oxygen atoms in total. The van der Waals surface area contributed by atoms with Crippen LogP contribution in [0.15, 0.2) is 53.4 Å². The van der Waals surface area contributed by atoms with Gasteiger partial charge in [0.1, 0.15) is 0 Å². The molecule has 0 fully saturated rings. The fourth-order valence-corrected chi connectivity index (χ4v) is 3.92. The van der Waals surface area contributed by atoms with E-state index in [-0.39, 0.29) is 10.8 Å². The number of hydrogen-bond donors (Lipinski definition) is 2. The predicted molar refractivity (Wildman–Crippen MR) is 108 cm³/mol. The number of aromatic nitrogens is 2. The molecule has 1 amide bonds. The van der Waals surface area contributed by atoms with Crippen molar-refractivity contribution in [3.05, 3.63) is 76.6 Å². The van der Waals surface area contributed by atoms with Gasteiger partial charge in [0.15, 0.2) is 0 Å². The molecule has 1 heterocycles. The van der Waals surface area contributed by atoms with Crippen LogP contribution < -0.4 is 10.5 Å². The van der Waals surface area contributed by atoms with E-state index in [2.05, 4.69) is 10.4 Å². The molecule has 146 valence electrons. The normalized spacial score (nSPS) is 11.4. The molecule has 0 bridgehead atoms. The second-order valence-electron chi connectivity index (χ2n) is 6.67. The van der Waals surface area contributed by atoms with Gasteiger partial charge in [-0.05, 0) is 44.0 Å². The van der Waals surface area contributed by atoms with Gasteiger partial charge in [-0.2, -0.15) is 5.10 Å². The van der Waals surface area contributed by atoms with Gasteiger partial charge in [0.25, 0.3) is 5.91 Å². The van der Waals surface area contributed by atoms with Gasteiger partial charge in [0.05, 0.1) is 22.7 Å². The highest BCUT2D eigenvalue weighted by Crippen LogP contribution is 2.21. The van der Waals surface area contributed by atoms with Crippen molar-refractivity contribution in [3.63, 3.8) is 0 Å². The zero-order valence-corrected chi connectivity index (χ0v) is 16.7. The molecule has 0 atom stereocenters. The van der Waals surface area contributed by atoms with Crippen molar-refractivity contribution in [2.24, 2.45) is 5.14 Å². The Morgan fingerprint density at radius 1 is 1.11 bits per heavy atom. The van der Waals surface area contributed by atoms with Crippen LogP contribution in [0.3, 0.4) is 0 Å². The van der Waals surface area contributed by atoms with Gasteiger partial charge in [-0.25, -0.2) is 13.6 Å². The van der Waals surface area contributed by atoms with Crippen LogP contribution in [0, 0.1) is 20.8 Å². The van der Waals surface area contributed by atoms with Crippen molar-refractivity contribution in [3.8, 4) is 0 Å². The first-order valence-electron chi connectivity index (χ1n) is 8.69. The summed E-state index contributed by atoms with van der Waals surface area (Å²) in [6.45, 7) is 5.81. The summed E-state index contributed by atoms with van der Waals surface area (Å²) in [4.78, 5) is 12.8. The highest BCUT2D eigenvalue weighted by molar-refractivity contribution is 7.89. The van der Waals surface area contributed by atoms with Gasteiger partial charge in [-0.15, -0.1) is 0 Å². The molecule has 0 aliphatic rings. The summed E-state index contributed by atoms with van der Waals surface area (Å²) in [5, 5.41) is 12.5. The van der Waals surface area contributed by atoms with E-state index in [1.54, 1.807) is 30.7 Å². The van der Waals surface area contributed by atoms with Gasteiger partial charge < -0.3 is 5.32 Å². The monoisotopic (exact) mass is 398 g/mol. The number of anilines is 1. The summed E-state index contributed by atoms with van der Waals surface area (Å²) in [6, 6.07) is 14.5. The van der Waals surface area contributed by atoms with Gasteiger partial charge in [-0.3, -0.25) is 9.48 Å². The Bertz CT molecular complexity index is 1140. The molecule has 0 aliphatic heterocycles. The Balaban J connectivity index is 1.88. The Morgan fingerprint density at radius 3 is 2.43 bits per heavy atom. The highest BCUT2D eigenvalue weighted by atomic mass is 32.2. The molecule has 0 radical (unpaired) electrons. The summed E-state index contributed by atoms with van der Waals surface area (Å²) >= 11 is 0. The minimum atomic E-state index is -3.87. The first-order chi connectivity index (χ1) is 13.2. The zero-order valence-electron chi connectivity index (χ0n) is 15.9. The van der Waals surface area contributed by atoms with E-state index < -0.39 is 10.0 Å². The van der Waals surface area contributed by atoms with Crippen molar-refractivity contribution in [1.29, 1.82) is 0 Å². The van der Waals surface area contributed by atoms with E-state index in [0.29, 0.717) is 29.1 Å². The summed E-state index contributed by atoms with van der Waals surface area (Å²) in [5.74, 6) is -0.349. The van der Waals surface area contributed by atoms with Crippen LogP contribution in [0.5, 0.6) is 0 Å². The lowest BCUT2D eigenvalue weighted by atomic mass is 10.1. The van der Waals surface area contributed by atoms with E-state index in [4.69, 9.17) is 5.14 Å². The maximum absolute atomic E-state index is 12.8. The third kappa shape index (κ3) is 4.13. The van der Waals surface area contributed by atoms with Crippen molar-refractivity contribution >= 4 is 21.6 Å². The topological polar surface area (TPSA) is 107 Å². The van der Waals surface area contributed by atoms with Crippen LogP contribution in [0.25, 0.3) is 0 Å². The first-order valence-corrected chi connectivity index (χ1v) is 10.2. The molecule has 0 saturated heterocycles. The van der Waals surface area contributed by atoms with Gasteiger partial charge in [0, 0.05) is 11.4 Å². The summed E-state index contributed by atoms with van der Waals surface area (Å²) in [5.41, 5.74) is 3.75. The quantitative estimate of drug-likeness (QED) is 0.689. The Hall–Kier alpha value is -2.97. The molecule has 0 unspecified atom stereocenters. The number of carbonyl (C=O) groups is 1. The number of amides is 1. The molecule has 1 aromatic heterocycles. The van der Waals surface area contributed by atoms with Crippen LogP contribution in [0.2, 0.25) is 0 Å². The standard InChI is InChI=1S/C20H22N4O3S/c1-13-9-10-17(11-18(13)28(21,26)27)22-20(25)19-14(2)23-24(15(19)3)12-16-7-5-4-6-8-16/h4-11H,12H2,1-3H3,(H,22,25)(H2,21,26,27). The van der Waals surface area contributed by atoms with Crippen molar-refractivity contribution in [2.45, 2.75) is 32.2 Å². The Morgan fingerprint density at radius 2 is 1.79 bits per heavy atom. The minimum Gasteiger partial charge on any atom is -0.322 e. The SMILES string of the molecule is Cc1ccc(NC(=O)c2c(C)nn(Cc3ccccc3)c2C)cc1S(N)(=O)=O. The van der Waals surface area contributed by atoms with Crippen LogP contribution in [0.4, 0.5) is 5.69 Å². The number of primary sulfonamides is 1. The fourth-order valence-electron chi connectivity index (χ4n) is 3.11. The van der Waals surface area contributed by atoms with E-state index in [0.717, 1.165) is 11.3 Å².